The Balaban J connectivity index is 0.00000256. The molecule has 0 fully saturated rings. The van der Waals surface area contributed by atoms with Crippen LogP contribution in [0.15, 0.2) is 12.1 Å². The molecule has 1 atom stereocenters. The van der Waals surface area contributed by atoms with Crippen LogP contribution in [0.25, 0.3) is 0 Å². The fourth-order valence-electron chi connectivity index (χ4n) is 1.60. The molecule has 0 aliphatic rings. The molecule has 0 heterocycles. The summed E-state index contributed by atoms with van der Waals surface area (Å²) < 4.78 is 0. The number of rotatable bonds is 4. The Bertz CT molecular complexity index is 346. The average Bonchev–Trinajstić information content (AvgIpc) is 2.12. The van der Waals surface area contributed by atoms with Gasteiger partial charge in [0.25, 0.3) is 0 Å². The molecule has 0 aromatic heterocycles. The maximum absolute atomic E-state index is 9.76. The summed E-state index contributed by atoms with van der Waals surface area (Å²) in [5.41, 5.74) is 6.60. The molecule has 0 radical (unpaired) electrons. The maximum Gasteiger partial charge on any atom is 0.123 e. The summed E-state index contributed by atoms with van der Waals surface area (Å²) in [7, 11) is 0. The van der Waals surface area contributed by atoms with Crippen molar-refractivity contribution in [2.75, 3.05) is 0 Å². The smallest absolute Gasteiger partial charge is 0.123 e. The van der Waals surface area contributed by atoms with Crippen LogP contribution in [0, 0.1) is 5.92 Å². The molecular formula is C12H18Cl3NO. The van der Waals surface area contributed by atoms with Crippen LogP contribution in [-0.4, -0.2) is 5.11 Å². The third-order valence-electron chi connectivity index (χ3n) is 2.50. The first-order valence-corrected chi connectivity index (χ1v) is 6.11. The highest BCUT2D eigenvalue weighted by Gasteiger charge is 2.16. The van der Waals surface area contributed by atoms with E-state index in [-0.39, 0.29) is 24.2 Å². The Kier molecular flexibility index (Phi) is 7.26. The van der Waals surface area contributed by atoms with Gasteiger partial charge >= 0.3 is 0 Å². The van der Waals surface area contributed by atoms with E-state index in [1.807, 2.05) is 0 Å². The summed E-state index contributed by atoms with van der Waals surface area (Å²) in [6.45, 7) is 4.27. The lowest BCUT2D eigenvalue weighted by molar-refractivity contribution is 0.448. The second kappa shape index (κ2) is 7.32. The first-order chi connectivity index (χ1) is 7.41. The first-order valence-electron chi connectivity index (χ1n) is 5.35. The minimum atomic E-state index is -0.243. The first kappa shape index (κ1) is 16.9. The van der Waals surface area contributed by atoms with Gasteiger partial charge in [0, 0.05) is 16.6 Å². The molecule has 0 aliphatic carbocycles. The number of benzene rings is 1. The summed E-state index contributed by atoms with van der Waals surface area (Å²) in [5.74, 6) is 0.660. The lowest BCUT2D eigenvalue weighted by Crippen LogP contribution is -2.12. The van der Waals surface area contributed by atoms with Gasteiger partial charge in [-0.25, -0.2) is 0 Å². The number of hydrogen-bond donors (Lipinski definition) is 2. The van der Waals surface area contributed by atoms with Gasteiger partial charge in [0.05, 0.1) is 5.02 Å². The van der Waals surface area contributed by atoms with Crippen molar-refractivity contribution in [2.45, 2.75) is 32.7 Å². The van der Waals surface area contributed by atoms with Crippen molar-refractivity contribution >= 4 is 35.6 Å². The van der Waals surface area contributed by atoms with Gasteiger partial charge < -0.3 is 10.8 Å². The third-order valence-corrected chi connectivity index (χ3v) is 3.03. The van der Waals surface area contributed by atoms with Crippen molar-refractivity contribution in [3.8, 4) is 5.75 Å². The fourth-order valence-corrected chi connectivity index (χ4v) is 2.22. The van der Waals surface area contributed by atoms with Crippen molar-refractivity contribution in [2.24, 2.45) is 11.7 Å². The fraction of sp³-hybridized carbons (Fsp3) is 0.500. The standard InChI is InChI=1S/C12H17Cl2NO.ClH/c1-7(2)3-4-10(15)12-9(14)5-8(13)6-11(12)16;/h5-7,10,16H,3-4,15H2,1-2H3;1H/t10-;/m0./s1. The highest BCUT2D eigenvalue weighted by molar-refractivity contribution is 6.35. The Labute approximate surface area is 119 Å². The minimum absolute atomic E-state index is 0. The molecule has 5 heteroatoms. The van der Waals surface area contributed by atoms with Crippen LogP contribution < -0.4 is 5.73 Å². The Morgan fingerprint density at radius 2 is 1.82 bits per heavy atom. The van der Waals surface area contributed by atoms with Crippen molar-refractivity contribution in [3.63, 3.8) is 0 Å². The van der Waals surface area contributed by atoms with Crippen LogP contribution in [0.1, 0.15) is 38.3 Å². The topological polar surface area (TPSA) is 46.2 Å². The van der Waals surface area contributed by atoms with Gasteiger partial charge in [0.1, 0.15) is 5.75 Å². The Morgan fingerprint density at radius 1 is 1.24 bits per heavy atom. The summed E-state index contributed by atoms with van der Waals surface area (Å²) >= 11 is 11.8. The summed E-state index contributed by atoms with van der Waals surface area (Å²) in [4.78, 5) is 0. The zero-order valence-corrected chi connectivity index (χ0v) is 12.2. The second-order valence-corrected chi connectivity index (χ2v) is 5.24. The molecule has 0 spiro atoms. The number of nitrogens with two attached hydrogens (primary N) is 1. The highest BCUT2D eigenvalue weighted by atomic mass is 35.5. The summed E-state index contributed by atoms with van der Waals surface area (Å²) in [6.07, 6.45) is 1.80. The van der Waals surface area contributed by atoms with E-state index >= 15 is 0 Å². The van der Waals surface area contributed by atoms with Crippen LogP contribution in [0.2, 0.25) is 10.0 Å². The Hall–Kier alpha value is -0.150. The average molecular weight is 299 g/mol. The number of halogens is 3. The zero-order valence-electron chi connectivity index (χ0n) is 9.91. The van der Waals surface area contributed by atoms with E-state index in [4.69, 9.17) is 28.9 Å². The number of hydrogen-bond acceptors (Lipinski definition) is 2. The van der Waals surface area contributed by atoms with Crippen molar-refractivity contribution in [3.05, 3.63) is 27.7 Å². The van der Waals surface area contributed by atoms with Crippen LogP contribution in [0.3, 0.4) is 0 Å². The molecule has 0 bridgehead atoms. The van der Waals surface area contributed by atoms with Crippen molar-refractivity contribution < 1.29 is 5.11 Å². The quantitative estimate of drug-likeness (QED) is 0.856. The molecule has 3 N–H and O–H groups in total. The molecule has 0 aliphatic heterocycles. The van der Waals surface area contributed by atoms with Gasteiger partial charge in [-0.05, 0) is 30.9 Å². The normalized spacial score (nSPS) is 12.4. The Morgan fingerprint density at radius 3 is 2.29 bits per heavy atom. The van der Waals surface area contributed by atoms with E-state index in [0.717, 1.165) is 12.8 Å². The van der Waals surface area contributed by atoms with Crippen LogP contribution >= 0.6 is 35.6 Å². The molecule has 0 unspecified atom stereocenters. The molecule has 17 heavy (non-hydrogen) atoms. The molecule has 0 saturated heterocycles. The number of phenolic OH excluding ortho intramolecular Hbond substituents is 1. The third kappa shape index (κ3) is 4.92. The van der Waals surface area contributed by atoms with Gasteiger partial charge in [-0.2, -0.15) is 0 Å². The van der Waals surface area contributed by atoms with Crippen LogP contribution in [0.4, 0.5) is 0 Å². The number of phenols is 1. The van der Waals surface area contributed by atoms with Gasteiger partial charge in [-0.1, -0.05) is 37.0 Å². The monoisotopic (exact) mass is 297 g/mol. The summed E-state index contributed by atoms with van der Waals surface area (Å²) in [6, 6.07) is 2.83. The highest BCUT2D eigenvalue weighted by Crippen LogP contribution is 2.35. The molecule has 1 aromatic rings. The van der Waals surface area contributed by atoms with Crippen molar-refractivity contribution in [1.82, 2.24) is 0 Å². The van der Waals surface area contributed by atoms with E-state index in [0.29, 0.717) is 21.5 Å². The molecule has 2 nitrogen and oxygen atoms in total. The molecule has 1 rings (SSSR count). The van der Waals surface area contributed by atoms with E-state index in [9.17, 15) is 5.11 Å². The van der Waals surface area contributed by atoms with Crippen molar-refractivity contribution in [1.29, 1.82) is 0 Å². The SMILES string of the molecule is CC(C)CC[C@H](N)c1c(O)cc(Cl)cc1Cl.Cl. The molecular weight excluding hydrogens is 280 g/mol. The zero-order chi connectivity index (χ0) is 12.3. The van der Waals surface area contributed by atoms with Gasteiger partial charge in [-0.3, -0.25) is 0 Å². The molecule has 1 aromatic carbocycles. The van der Waals surface area contributed by atoms with Gasteiger partial charge in [0.2, 0.25) is 0 Å². The number of aromatic hydroxyl groups is 1. The van der Waals surface area contributed by atoms with E-state index in [1.165, 1.54) is 6.07 Å². The van der Waals surface area contributed by atoms with Crippen LogP contribution in [0.5, 0.6) is 5.75 Å². The lowest BCUT2D eigenvalue weighted by Gasteiger charge is -2.16. The molecule has 0 saturated carbocycles. The van der Waals surface area contributed by atoms with E-state index < -0.39 is 0 Å². The largest absolute Gasteiger partial charge is 0.508 e. The minimum Gasteiger partial charge on any atom is -0.508 e. The van der Waals surface area contributed by atoms with Gasteiger partial charge in [0.15, 0.2) is 0 Å². The predicted octanol–water partition coefficient (Wildman–Crippen LogP) is 4.56. The maximum atomic E-state index is 9.76. The van der Waals surface area contributed by atoms with E-state index in [1.54, 1.807) is 6.07 Å². The van der Waals surface area contributed by atoms with Crippen LogP contribution in [-0.2, 0) is 0 Å². The van der Waals surface area contributed by atoms with E-state index in [2.05, 4.69) is 13.8 Å². The lowest BCUT2D eigenvalue weighted by atomic mass is 9.97. The predicted molar refractivity (Wildman–Crippen MR) is 76.4 cm³/mol. The summed E-state index contributed by atoms with van der Waals surface area (Å²) in [5, 5.41) is 10.6. The second-order valence-electron chi connectivity index (χ2n) is 4.40. The van der Waals surface area contributed by atoms with Gasteiger partial charge in [-0.15, -0.1) is 12.4 Å². The molecule has 98 valence electrons. The molecule has 0 amide bonds.